The third-order valence-electron chi connectivity index (χ3n) is 3.93. The largest absolute Gasteiger partial charge is 0.496 e. The van der Waals surface area contributed by atoms with E-state index in [9.17, 15) is 0 Å². The van der Waals surface area contributed by atoms with Gasteiger partial charge in [0, 0.05) is 29.3 Å². The standard InChI is InChI=1S/C18H27N3O/c1-12(2)17-14-8-6-10-20-18(14)15(11-16(17)22-4)21-13(3)7-5-9-19/h6,8,10-13,21H,5,7,9,19H2,1-4H3. The number of benzene rings is 1. The lowest BCUT2D eigenvalue weighted by Crippen LogP contribution is -2.17. The molecule has 1 unspecified atom stereocenters. The first-order valence-electron chi connectivity index (χ1n) is 8.00. The predicted octanol–water partition coefficient (Wildman–Crippen LogP) is 3.91. The van der Waals surface area contributed by atoms with Gasteiger partial charge in [0.25, 0.3) is 0 Å². The van der Waals surface area contributed by atoms with Crippen LogP contribution in [-0.2, 0) is 0 Å². The van der Waals surface area contributed by atoms with Crippen LogP contribution < -0.4 is 15.8 Å². The van der Waals surface area contributed by atoms with Crippen LogP contribution in [0.1, 0.15) is 45.1 Å². The van der Waals surface area contributed by atoms with Crippen molar-refractivity contribution in [3.8, 4) is 5.75 Å². The SMILES string of the molecule is COc1cc(NC(C)CCCN)c2ncccc2c1C(C)C. The van der Waals surface area contributed by atoms with E-state index in [1.165, 1.54) is 5.56 Å². The number of aromatic nitrogens is 1. The Morgan fingerprint density at radius 1 is 1.32 bits per heavy atom. The first-order chi connectivity index (χ1) is 10.6. The number of fused-ring (bicyclic) bond motifs is 1. The second-order valence-electron chi connectivity index (χ2n) is 6.07. The van der Waals surface area contributed by atoms with E-state index >= 15 is 0 Å². The van der Waals surface area contributed by atoms with E-state index in [0.717, 1.165) is 41.7 Å². The third kappa shape index (κ3) is 3.50. The van der Waals surface area contributed by atoms with Gasteiger partial charge in [-0.15, -0.1) is 0 Å². The van der Waals surface area contributed by atoms with Crippen LogP contribution in [0.4, 0.5) is 5.69 Å². The maximum absolute atomic E-state index is 5.63. The van der Waals surface area contributed by atoms with E-state index in [0.29, 0.717) is 12.0 Å². The Labute approximate surface area is 133 Å². The summed E-state index contributed by atoms with van der Waals surface area (Å²) in [5, 5.41) is 4.72. The molecule has 0 aliphatic carbocycles. The fourth-order valence-corrected chi connectivity index (χ4v) is 2.88. The lowest BCUT2D eigenvalue weighted by atomic mass is 9.96. The monoisotopic (exact) mass is 301 g/mol. The highest BCUT2D eigenvalue weighted by Gasteiger charge is 2.17. The molecular formula is C18H27N3O. The molecule has 2 rings (SSSR count). The number of methoxy groups -OCH3 is 1. The Hall–Kier alpha value is -1.81. The van der Waals surface area contributed by atoms with Gasteiger partial charge in [-0.1, -0.05) is 19.9 Å². The normalized spacial score (nSPS) is 12.6. The zero-order valence-corrected chi connectivity index (χ0v) is 14.0. The van der Waals surface area contributed by atoms with Crippen molar-refractivity contribution in [2.24, 2.45) is 5.73 Å². The van der Waals surface area contributed by atoms with E-state index in [-0.39, 0.29) is 0 Å². The van der Waals surface area contributed by atoms with Gasteiger partial charge < -0.3 is 15.8 Å². The number of pyridine rings is 1. The molecule has 2 aromatic rings. The molecule has 0 aliphatic rings. The third-order valence-corrected chi connectivity index (χ3v) is 3.93. The fraction of sp³-hybridized carbons (Fsp3) is 0.500. The topological polar surface area (TPSA) is 60.2 Å². The average Bonchev–Trinajstić information content (AvgIpc) is 2.52. The molecule has 1 atom stereocenters. The van der Waals surface area contributed by atoms with Crippen molar-refractivity contribution < 1.29 is 4.74 Å². The molecule has 0 saturated carbocycles. The van der Waals surface area contributed by atoms with Crippen molar-refractivity contribution >= 4 is 16.6 Å². The summed E-state index contributed by atoms with van der Waals surface area (Å²) in [4.78, 5) is 4.59. The van der Waals surface area contributed by atoms with Crippen molar-refractivity contribution in [3.05, 3.63) is 30.0 Å². The summed E-state index contributed by atoms with van der Waals surface area (Å²) in [6, 6.07) is 6.53. The predicted molar refractivity (Wildman–Crippen MR) is 93.8 cm³/mol. The molecule has 3 N–H and O–H groups in total. The summed E-state index contributed by atoms with van der Waals surface area (Å²) in [5.74, 6) is 1.30. The molecule has 1 aromatic carbocycles. The quantitative estimate of drug-likeness (QED) is 0.814. The number of nitrogens with zero attached hydrogens (tertiary/aromatic N) is 1. The maximum atomic E-state index is 5.63. The molecule has 1 heterocycles. The average molecular weight is 301 g/mol. The molecule has 1 aromatic heterocycles. The molecule has 0 bridgehead atoms. The van der Waals surface area contributed by atoms with Gasteiger partial charge in [-0.2, -0.15) is 0 Å². The first-order valence-corrected chi connectivity index (χ1v) is 8.00. The van der Waals surface area contributed by atoms with Gasteiger partial charge in [0.1, 0.15) is 5.75 Å². The molecule has 0 aliphatic heterocycles. The molecule has 0 fully saturated rings. The van der Waals surface area contributed by atoms with Gasteiger partial charge in [-0.25, -0.2) is 0 Å². The van der Waals surface area contributed by atoms with Gasteiger partial charge >= 0.3 is 0 Å². The Kier molecular flexibility index (Phi) is 5.61. The molecule has 120 valence electrons. The Balaban J connectivity index is 2.48. The number of hydrogen-bond donors (Lipinski definition) is 2. The first kappa shape index (κ1) is 16.6. The van der Waals surface area contributed by atoms with Crippen LogP contribution in [0.2, 0.25) is 0 Å². The molecule has 0 saturated heterocycles. The summed E-state index contributed by atoms with van der Waals surface area (Å²) >= 11 is 0. The van der Waals surface area contributed by atoms with Crippen molar-refractivity contribution in [3.63, 3.8) is 0 Å². The van der Waals surface area contributed by atoms with Crippen LogP contribution in [0.25, 0.3) is 10.9 Å². The number of anilines is 1. The van der Waals surface area contributed by atoms with Crippen LogP contribution in [0.5, 0.6) is 5.75 Å². The van der Waals surface area contributed by atoms with Crippen molar-refractivity contribution in [2.45, 2.75) is 45.6 Å². The van der Waals surface area contributed by atoms with Crippen LogP contribution in [0, 0.1) is 0 Å². The minimum atomic E-state index is 0.350. The highest BCUT2D eigenvalue weighted by molar-refractivity contribution is 5.95. The van der Waals surface area contributed by atoms with Crippen molar-refractivity contribution in [1.29, 1.82) is 0 Å². The van der Waals surface area contributed by atoms with Crippen LogP contribution >= 0.6 is 0 Å². The Bertz CT molecular complexity index is 625. The number of ether oxygens (including phenoxy) is 1. The van der Waals surface area contributed by atoms with Gasteiger partial charge in [0.05, 0.1) is 18.3 Å². The lowest BCUT2D eigenvalue weighted by Gasteiger charge is -2.21. The van der Waals surface area contributed by atoms with Crippen LogP contribution in [0.3, 0.4) is 0 Å². The van der Waals surface area contributed by atoms with E-state index in [2.05, 4.69) is 43.2 Å². The van der Waals surface area contributed by atoms with Crippen LogP contribution in [-0.4, -0.2) is 24.7 Å². The highest BCUT2D eigenvalue weighted by Crippen LogP contribution is 2.37. The summed E-state index contributed by atoms with van der Waals surface area (Å²) in [7, 11) is 1.73. The highest BCUT2D eigenvalue weighted by atomic mass is 16.5. The fourth-order valence-electron chi connectivity index (χ4n) is 2.88. The Morgan fingerprint density at radius 2 is 2.09 bits per heavy atom. The van der Waals surface area contributed by atoms with Crippen molar-refractivity contribution in [2.75, 3.05) is 19.0 Å². The molecule has 22 heavy (non-hydrogen) atoms. The molecular weight excluding hydrogens is 274 g/mol. The summed E-state index contributed by atoms with van der Waals surface area (Å²) in [6.45, 7) is 7.26. The number of rotatable bonds is 7. The zero-order chi connectivity index (χ0) is 16.1. The lowest BCUT2D eigenvalue weighted by molar-refractivity contribution is 0.408. The summed E-state index contributed by atoms with van der Waals surface area (Å²) in [6.07, 6.45) is 3.90. The molecule has 4 heteroatoms. The molecule has 4 nitrogen and oxygen atoms in total. The minimum Gasteiger partial charge on any atom is -0.496 e. The molecule has 0 spiro atoms. The van der Waals surface area contributed by atoms with Gasteiger partial charge in [-0.05, 0) is 38.3 Å². The molecule has 0 radical (unpaired) electrons. The van der Waals surface area contributed by atoms with Gasteiger partial charge in [0.15, 0.2) is 0 Å². The second-order valence-corrected chi connectivity index (χ2v) is 6.07. The van der Waals surface area contributed by atoms with E-state index in [1.54, 1.807) is 7.11 Å². The maximum Gasteiger partial charge on any atom is 0.125 e. The summed E-state index contributed by atoms with van der Waals surface area (Å²) < 4.78 is 5.63. The van der Waals surface area contributed by atoms with Crippen LogP contribution in [0.15, 0.2) is 24.4 Å². The van der Waals surface area contributed by atoms with E-state index in [1.807, 2.05) is 12.3 Å². The van der Waals surface area contributed by atoms with Crippen molar-refractivity contribution in [1.82, 2.24) is 4.98 Å². The van der Waals surface area contributed by atoms with E-state index in [4.69, 9.17) is 10.5 Å². The van der Waals surface area contributed by atoms with Gasteiger partial charge in [0.2, 0.25) is 0 Å². The Morgan fingerprint density at radius 3 is 2.73 bits per heavy atom. The number of nitrogens with one attached hydrogen (secondary N) is 1. The molecule has 0 amide bonds. The van der Waals surface area contributed by atoms with E-state index < -0.39 is 0 Å². The zero-order valence-electron chi connectivity index (χ0n) is 14.0. The minimum absolute atomic E-state index is 0.350. The smallest absolute Gasteiger partial charge is 0.125 e. The summed E-state index contributed by atoms with van der Waals surface area (Å²) in [5.41, 5.74) is 8.85. The second kappa shape index (κ2) is 7.45. The van der Waals surface area contributed by atoms with Gasteiger partial charge in [-0.3, -0.25) is 4.98 Å². The number of nitrogens with two attached hydrogens (primary N) is 1. The number of hydrogen-bond acceptors (Lipinski definition) is 4.